The topological polar surface area (TPSA) is 57.0 Å². The van der Waals surface area contributed by atoms with Crippen LogP contribution in [0.15, 0.2) is 48.2 Å². The van der Waals surface area contributed by atoms with Crippen LogP contribution in [0.2, 0.25) is 0 Å². The van der Waals surface area contributed by atoms with E-state index in [9.17, 15) is 10.1 Å². The van der Waals surface area contributed by atoms with Crippen molar-refractivity contribution in [3.63, 3.8) is 0 Å². The van der Waals surface area contributed by atoms with Crippen molar-refractivity contribution in [1.82, 2.24) is 9.88 Å². The van der Waals surface area contributed by atoms with Crippen LogP contribution in [0.25, 0.3) is 10.9 Å². The third kappa shape index (κ3) is 3.74. The van der Waals surface area contributed by atoms with Crippen molar-refractivity contribution >= 4 is 16.7 Å². The molecule has 4 nitrogen and oxygen atoms in total. The second kappa shape index (κ2) is 6.78. The van der Waals surface area contributed by atoms with E-state index >= 15 is 0 Å². The van der Waals surface area contributed by atoms with Gasteiger partial charge in [0.05, 0.1) is 11.1 Å². The number of fused-ring (bicyclic) bond motifs is 1. The second-order valence-electron chi connectivity index (χ2n) is 5.06. The van der Waals surface area contributed by atoms with Crippen molar-refractivity contribution in [2.75, 3.05) is 20.6 Å². The summed E-state index contributed by atoms with van der Waals surface area (Å²) in [7, 11) is 3.91. The second-order valence-corrected chi connectivity index (χ2v) is 5.06. The van der Waals surface area contributed by atoms with Crippen molar-refractivity contribution in [1.29, 1.82) is 5.26 Å². The normalized spacial score (nSPS) is 11.6. The van der Waals surface area contributed by atoms with Gasteiger partial charge in [-0.3, -0.25) is 9.78 Å². The van der Waals surface area contributed by atoms with E-state index in [2.05, 4.69) is 4.98 Å². The van der Waals surface area contributed by atoms with Gasteiger partial charge in [-0.15, -0.1) is 0 Å². The first-order valence-corrected chi connectivity index (χ1v) is 6.76. The minimum absolute atomic E-state index is 0.195. The van der Waals surface area contributed by atoms with Gasteiger partial charge in [-0.05, 0) is 44.8 Å². The molecule has 2 aromatic rings. The van der Waals surface area contributed by atoms with Crippen molar-refractivity contribution < 1.29 is 4.79 Å². The lowest BCUT2D eigenvalue weighted by atomic mass is 10.0. The monoisotopic (exact) mass is 279 g/mol. The molecule has 0 saturated carbocycles. The maximum absolute atomic E-state index is 12.4. The van der Waals surface area contributed by atoms with Crippen LogP contribution >= 0.6 is 0 Å². The maximum Gasteiger partial charge on any atom is 0.203 e. The molecule has 1 aromatic carbocycles. The Hall–Kier alpha value is -2.51. The highest BCUT2D eigenvalue weighted by atomic mass is 16.1. The Balaban J connectivity index is 2.25. The number of pyridine rings is 1. The number of ketones is 1. The highest BCUT2D eigenvalue weighted by Gasteiger charge is 2.12. The zero-order valence-electron chi connectivity index (χ0n) is 12.2. The lowest BCUT2D eigenvalue weighted by Crippen LogP contribution is -2.12. The Morgan fingerprint density at radius 1 is 1.38 bits per heavy atom. The summed E-state index contributed by atoms with van der Waals surface area (Å²) in [6.07, 6.45) is 4.10. The summed E-state index contributed by atoms with van der Waals surface area (Å²) in [5.74, 6) is -0.234. The van der Waals surface area contributed by atoms with Crippen LogP contribution in [-0.2, 0) is 0 Å². The summed E-state index contributed by atoms with van der Waals surface area (Å²) in [6, 6.07) is 11.0. The van der Waals surface area contributed by atoms with Gasteiger partial charge in [-0.1, -0.05) is 12.1 Å². The van der Waals surface area contributed by atoms with Crippen LogP contribution in [0.1, 0.15) is 16.8 Å². The van der Waals surface area contributed by atoms with Crippen LogP contribution in [0.4, 0.5) is 0 Å². The first kappa shape index (κ1) is 14.9. The summed E-state index contributed by atoms with van der Waals surface area (Å²) >= 11 is 0. The number of aromatic nitrogens is 1. The summed E-state index contributed by atoms with van der Waals surface area (Å²) in [4.78, 5) is 18.6. The summed E-state index contributed by atoms with van der Waals surface area (Å²) < 4.78 is 0. The molecule has 21 heavy (non-hydrogen) atoms. The summed E-state index contributed by atoms with van der Waals surface area (Å²) in [6.45, 7) is 0.806. The molecule has 0 radical (unpaired) electrons. The van der Waals surface area contributed by atoms with E-state index < -0.39 is 0 Å². The fraction of sp³-hybridized carbons (Fsp3) is 0.235. The van der Waals surface area contributed by atoms with Gasteiger partial charge in [0, 0.05) is 23.7 Å². The predicted octanol–water partition coefficient (Wildman–Crippen LogP) is 2.82. The molecule has 0 fully saturated rings. The standard InChI is InChI=1S/C17H17N3O/c1-20(2)10-4-6-15(12-18)17(21)14-7-8-16-13(11-14)5-3-9-19-16/h3,5-9,11H,4,10H2,1-2H3/b15-6+. The van der Waals surface area contributed by atoms with E-state index in [4.69, 9.17) is 0 Å². The van der Waals surface area contributed by atoms with Crippen LogP contribution in [0.5, 0.6) is 0 Å². The highest BCUT2D eigenvalue weighted by Crippen LogP contribution is 2.16. The molecule has 0 unspecified atom stereocenters. The minimum Gasteiger partial charge on any atom is -0.309 e. The van der Waals surface area contributed by atoms with Crippen LogP contribution in [-0.4, -0.2) is 36.3 Å². The lowest BCUT2D eigenvalue weighted by Gasteiger charge is -2.06. The molecule has 0 atom stereocenters. The van der Waals surface area contributed by atoms with E-state index in [1.165, 1.54) is 0 Å². The zero-order chi connectivity index (χ0) is 15.2. The number of hydrogen-bond donors (Lipinski definition) is 0. The number of nitriles is 1. The summed E-state index contributed by atoms with van der Waals surface area (Å²) in [5, 5.41) is 10.1. The van der Waals surface area contributed by atoms with Gasteiger partial charge in [-0.2, -0.15) is 5.26 Å². The molecule has 0 spiro atoms. The molecule has 1 heterocycles. The van der Waals surface area contributed by atoms with Crippen LogP contribution < -0.4 is 0 Å². The molecule has 2 rings (SSSR count). The van der Waals surface area contributed by atoms with Crippen molar-refractivity contribution in [3.8, 4) is 6.07 Å². The maximum atomic E-state index is 12.4. The van der Waals surface area contributed by atoms with E-state index in [1.54, 1.807) is 30.5 Å². The van der Waals surface area contributed by atoms with Crippen molar-refractivity contribution in [3.05, 3.63) is 53.7 Å². The number of allylic oxidation sites excluding steroid dienone is 1. The first-order valence-electron chi connectivity index (χ1n) is 6.76. The number of hydrogen-bond acceptors (Lipinski definition) is 4. The molecule has 0 N–H and O–H groups in total. The van der Waals surface area contributed by atoms with E-state index in [-0.39, 0.29) is 11.4 Å². The number of nitrogens with zero attached hydrogens (tertiary/aromatic N) is 3. The Bertz CT molecular complexity index is 726. The molecule has 1 aromatic heterocycles. The van der Waals surface area contributed by atoms with E-state index in [1.807, 2.05) is 37.2 Å². The smallest absolute Gasteiger partial charge is 0.203 e. The first-order chi connectivity index (χ1) is 10.1. The Labute approximate surface area is 124 Å². The van der Waals surface area contributed by atoms with Gasteiger partial charge < -0.3 is 4.90 Å². The lowest BCUT2D eigenvalue weighted by molar-refractivity contribution is 0.103. The molecular formula is C17H17N3O. The molecule has 0 saturated heterocycles. The van der Waals surface area contributed by atoms with Gasteiger partial charge >= 0.3 is 0 Å². The Morgan fingerprint density at radius 3 is 2.90 bits per heavy atom. The van der Waals surface area contributed by atoms with Crippen molar-refractivity contribution in [2.45, 2.75) is 6.42 Å². The zero-order valence-corrected chi connectivity index (χ0v) is 12.2. The average Bonchev–Trinajstić information content (AvgIpc) is 2.50. The number of rotatable bonds is 5. The van der Waals surface area contributed by atoms with Gasteiger partial charge in [0.2, 0.25) is 5.78 Å². The van der Waals surface area contributed by atoms with Crippen molar-refractivity contribution in [2.24, 2.45) is 0 Å². The molecule has 0 amide bonds. The fourth-order valence-electron chi connectivity index (χ4n) is 2.03. The molecule has 0 bridgehead atoms. The Kier molecular flexibility index (Phi) is 4.81. The summed E-state index contributed by atoms with van der Waals surface area (Å²) in [5.41, 5.74) is 1.55. The number of carbonyl (C=O) groups excluding carboxylic acids is 1. The quantitative estimate of drug-likeness (QED) is 0.480. The number of benzene rings is 1. The van der Waals surface area contributed by atoms with Gasteiger partial charge in [0.15, 0.2) is 0 Å². The van der Waals surface area contributed by atoms with E-state index in [0.29, 0.717) is 12.0 Å². The number of Topliss-reactive ketones (excluding diaryl/α,β-unsaturated/α-hetero) is 1. The minimum atomic E-state index is -0.234. The van der Waals surface area contributed by atoms with Gasteiger partial charge in [-0.25, -0.2) is 0 Å². The molecular weight excluding hydrogens is 262 g/mol. The Morgan fingerprint density at radius 2 is 2.19 bits per heavy atom. The van der Waals surface area contributed by atoms with Crippen LogP contribution in [0.3, 0.4) is 0 Å². The third-order valence-electron chi connectivity index (χ3n) is 3.16. The van der Waals surface area contributed by atoms with Gasteiger partial charge in [0.25, 0.3) is 0 Å². The number of carbonyl (C=O) groups is 1. The predicted molar refractivity (Wildman–Crippen MR) is 82.9 cm³/mol. The fourth-order valence-corrected chi connectivity index (χ4v) is 2.03. The average molecular weight is 279 g/mol. The molecule has 0 aliphatic heterocycles. The largest absolute Gasteiger partial charge is 0.309 e. The van der Waals surface area contributed by atoms with E-state index in [0.717, 1.165) is 17.4 Å². The molecule has 0 aliphatic carbocycles. The highest BCUT2D eigenvalue weighted by molar-refractivity contribution is 6.12. The van der Waals surface area contributed by atoms with Gasteiger partial charge in [0.1, 0.15) is 6.07 Å². The molecule has 106 valence electrons. The third-order valence-corrected chi connectivity index (χ3v) is 3.16. The molecule has 4 heteroatoms. The van der Waals surface area contributed by atoms with Crippen LogP contribution in [0, 0.1) is 11.3 Å². The molecule has 0 aliphatic rings. The SMILES string of the molecule is CN(C)CC/C=C(\C#N)C(=O)c1ccc2ncccc2c1.